The number of benzene rings is 1. The average molecular weight is 509 g/mol. The van der Waals surface area contributed by atoms with Crippen LogP contribution in [0.4, 0.5) is 5.82 Å². The highest BCUT2D eigenvalue weighted by atomic mass is 16.7. The van der Waals surface area contributed by atoms with Crippen LogP contribution in [0.5, 0.6) is 11.5 Å². The normalized spacial score (nSPS) is 15.4. The van der Waals surface area contributed by atoms with E-state index in [1.165, 1.54) is 0 Å². The van der Waals surface area contributed by atoms with Crippen LogP contribution >= 0.6 is 0 Å². The maximum absolute atomic E-state index is 13.5. The molecule has 1 aromatic carbocycles. The van der Waals surface area contributed by atoms with Gasteiger partial charge in [0.25, 0.3) is 5.56 Å². The molecule has 4 heterocycles. The average Bonchev–Trinajstić information content (AvgIpc) is 3.39. The first kappa shape index (κ1) is 25.0. The Hall–Kier alpha value is -3.70. The van der Waals surface area contributed by atoms with Crippen molar-refractivity contribution in [1.82, 2.24) is 24.3 Å². The fraction of sp³-hybridized carbons (Fsp3) is 0.462. The molecule has 2 aliphatic heterocycles. The van der Waals surface area contributed by atoms with Crippen LogP contribution in [-0.4, -0.2) is 90.0 Å². The van der Waals surface area contributed by atoms with Gasteiger partial charge in [-0.15, -0.1) is 0 Å². The summed E-state index contributed by atoms with van der Waals surface area (Å²) in [4.78, 5) is 39.3. The van der Waals surface area contributed by atoms with Crippen molar-refractivity contribution >= 4 is 22.8 Å². The van der Waals surface area contributed by atoms with Gasteiger partial charge in [0.1, 0.15) is 5.52 Å². The van der Waals surface area contributed by atoms with Crippen molar-refractivity contribution in [3.63, 3.8) is 0 Å². The molecule has 0 spiro atoms. The van der Waals surface area contributed by atoms with Gasteiger partial charge in [0, 0.05) is 44.9 Å². The van der Waals surface area contributed by atoms with Gasteiger partial charge >= 0.3 is 0 Å². The van der Waals surface area contributed by atoms with E-state index in [1.54, 1.807) is 10.8 Å². The summed E-state index contributed by atoms with van der Waals surface area (Å²) in [6.07, 6.45) is 2.54. The third-order valence-corrected chi connectivity index (χ3v) is 6.57. The molecule has 1 saturated heterocycles. The molecular weight excluding hydrogens is 476 g/mol. The summed E-state index contributed by atoms with van der Waals surface area (Å²) in [5, 5.41) is 2.98. The number of rotatable bonds is 9. The number of hydrogen-bond acceptors (Lipinski definition) is 9. The van der Waals surface area contributed by atoms with Crippen LogP contribution in [-0.2, 0) is 16.1 Å². The lowest BCUT2D eigenvalue weighted by molar-refractivity contribution is -0.130. The first-order valence-electron chi connectivity index (χ1n) is 12.6. The molecule has 3 aromatic rings. The number of aromatic nitrogens is 3. The van der Waals surface area contributed by atoms with Crippen molar-refractivity contribution in [2.45, 2.75) is 19.9 Å². The van der Waals surface area contributed by atoms with Crippen LogP contribution in [0.1, 0.15) is 13.3 Å². The highest BCUT2D eigenvalue weighted by Crippen LogP contribution is 2.35. The first-order valence-corrected chi connectivity index (χ1v) is 12.6. The Bertz CT molecular complexity index is 1340. The standard InChI is InChI=1S/C26H32N6O5/c1-3-11-35-12-10-32-21-14-19(18-4-5-22-23(13-18)37-17-36-22)27-15-20(21)29-25(26(32)34)28-16-24(33)31-8-6-30(2)7-9-31/h4-5,13-15H,3,6-12,16-17H2,1-2H3,(H,28,29). The van der Waals surface area contributed by atoms with Gasteiger partial charge in [0.15, 0.2) is 17.3 Å². The lowest BCUT2D eigenvalue weighted by atomic mass is 10.1. The van der Waals surface area contributed by atoms with Gasteiger partial charge < -0.3 is 33.9 Å². The number of likely N-dealkylation sites (N-methyl/N-ethyl adjacent to an activating group) is 1. The smallest absolute Gasteiger partial charge is 0.293 e. The maximum Gasteiger partial charge on any atom is 0.293 e. The molecule has 196 valence electrons. The van der Waals surface area contributed by atoms with Crippen molar-refractivity contribution < 1.29 is 19.0 Å². The molecule has 0 aliphatic carbocycles. The lowest BCUT2D eigenvalue weighted by Crippen LogP contribution is -2.49. The molecule has 1 fully saturated rings. The van der Waals surface area contributed by atoms with Crippen LogP contribution in [0, 0.1) is 0 Å². The number of fused-ring (bicyclic) bond motifs is 2. The van der Waals surface area contributed by atoms with E-state index in [9.17, 15) is 9.59 Å². The Kier molecular flexibility index (Phi) is 7.52. The summed E-state index contributed by atoms with van der Waals surface area (Å²) in [5.41, 5.74) is 2.41. The van der Waals surface area contributed by atoms with Crippen LogP contribution in [0.2, 0.25) is 0 Å². The zero-order chi connectivity index (χ0) is 25.8. The molecule has 1 amide bonds. The van der Waals surface area contributed by atoms with Gasteiger partial charge in [0.05, 0.1) is 30.6 Å². The minimum Gasteiger partial charge on any atom is -0.454 e. The Balaban J connectivity index is 1.43. The number of anilines is 1. The fourth-order valence-electron chi connectivity index (χ4n) is 4.43. The second kappa shape index (κ2) is 11.1. The molecule has 0 bridgehead atoms. The molecule has 0 saturated carbocycles. The van der Waals surface area contributed by atoms with Crippen LogP contribution in [0.3, 0.4) is 0 Å². The number of amides is 1. The van der Waals surface area contributed by atoms with Gasteiger partial charge in [0.2, 0.25) is 12.7 Å². The summed E-state index contributed by atoms with van der Waals surface area (Å²) in [6.45, 7) is 6.61. The highest BCUT2D eigenvalue weighted by Gasteiger charge is 2.20. The minimum absolute atomic E-state index is 0.00645. The molecular formula is C26H32N6O5. The molecule has 0 radical (unpaired) electrons. The summed E-state index contributed by atoms with van der Waals surface area (Å²) in [5.74, 6) is 1.43. The first-order chi connectivity index (χ1) is 18.0. The summed E-state index contributed by atoms with van der Waals surface area (Å²) < 4.78 is 18.2. The second-order valence-electron chi connectivity index (χ2n) is 9.19. The molecule has 2 aliphatic rings. The molecule has 0 atom stereocenters. The van der Waals surface area contributed by atoms with Crippen molar-refractivity contribution in [2.24, 2.45) is 0 Å². The maximum atomic E-state index is 13.5. The molecule has 2 aromatic heterocycles. The van der Waals surface area contributed by atoms with Crippen molar-refractivity contribution in [3.8, 4) is 22.8 Å². The number of carbonyl (C=O) groups excluding carboxylic acids is 1. The third kappa shape index (κ3) is 5.52. The quantitative estimate of drug-likeness (QED) is 0.433. The van der Waals surface area contributed by atoms with E-state index >= 15 is 0 Å². The van der Waals surface area contributed by atoms with E-state index in [2.05, 4.69) is 20.2 Å². The minimum atomic E-state index is -0.304. The van der Waals surface area contributed by atoms with E-state index in [4.69, 9.17) is 14.2 Å². The van der Waals surface area contributed by atoms with Crippen molar-refractivity contribution in [3.05, 3.63) is 40.8 Å². The van der Waals surface area contributed by atoms with Gasteiger partial charge in [-0.25, -0.2) is 4.98 Å². The van der Waals surface area contributed by atoms with Crippen LogP contribution < -0.4 is 20.3 Å². The lowest BCUT2D eigenvalue weighted by Gasteiger charge is -2.32. The summed E-state index contributed by atoms with van der Waals surface area (Å²) in [7, 11) is 2.04. The molecule has 11 heteroatoms. The zero-order valence-corrected chi connectivity index (χ0v) is 21.2. The molecule has 11 nitrogen and oxygen atoms in total. The van der Waals surface area contributed by atoms with E-state index in [1.807, 2.05) is 43.1 Å². The number of pyridine rings is 1. The fourth-order valence-corrected chi connectivity index (χ4v) is 4.43. The molecule has 37 heavy (non-hydrogen) atoms. The molecule has 0 unspecified atom stereocenters. The topological polar surface area (TPSA) is 111 Å². The van der Waals surface area contributed by atoms with Crippen LogP contribution in [0.25, 0.3) is 22.3 Å². The Morgan fingerprint density at radius 3 is 2.73 bits per heavy atom. The monoisotopic (exact) mass is 508 g/mol. The summed E-state index contributed by atoms with van der Waals surface area (Å²) >= 11 is 0. The van der Waals surface area contributed by atoms with E-state index in [0.717, 1.165) is 25.1 Å². The Morgan fingerprint density at radius 1 is 1.11 bits per heavy atom. The number of hydrogen-bond donors (Lipinski definition) is 1. The van der Waals surface area contributed by atoms with E-state index < -0.39 is 0 Å². The SMILES string of the molecule is CCCOCCn1c(=O)c(NCC(=O)N2CCN(C)CC2)nc2cnc(-c3ccc4c(c3)OCO4)cc21. The van der Waals surface area contributed by atoms with Gasteiger partial charge in [-0.1, -0.05) is 6.92 Å². The van der Waals surface area contributed by atoms with Gasteiger partial charge in [-0.3, -0.25) is 14.6 Å². The Labute approximate surface area is 215 Å². The van der Waals surface area contributed by atoms with Gasteiger partial charge in [-0.2, -0.15) is 0 Å². The van der Waals surface area contributed by atoms with Crippen molar-refractivity contribution in [1.29, 1.82) is 0 Å². The Morgan fingerprint density at radius 2 is 1.92 bits per heavy atom. The highest BCUT2D eigenvalue weighted by molar-refractivity contribution is 5.83. The van der Waals surface area contributed by atoms with E-state index in [-0.39, 0.29) is 30.6 Å². The van der Waals surface area contributed by atoms with Gasteiger partial charge in [-0.05, 0) is 37.7 Å². The number of nitrogens with zero attached hydrogens (tertiary/aromatic N) is 5. The molecule has 1 N–H and O–H groups in total. The number of ether oxygens (including phenoxy) is 3. The number of carbonyl (C=O) groups is 1. The molecule has 5 rings (SSSR count). The third-order valence-electron chi connectivity index (χ3n) is 6.57. The number of nitrogens with one attached hydrogen (secondary N) is 1. The van der Waals surface area contributed by atoms with E-state index in [0.29, 0.717) is 61.1 Å². The predicted molar refractivity (Wildman–Crippen MR) is 139 cm³/mol. The summed E-state index contributed by atoms with van der Waals surface area (Å²) in [6, 6.07) is 7.47. The second-order valence-corrected chi connectivity index (χ2v) is 9.19. The van der Waals surface area contributed by atoms with Crippen LogP contribution in [0.15, 0.2) is 35.3 Å². The zero-order valence-electron chi connectivity index (χ0n) is 21.2. The number of piperazine rings is 1. The largest absolute Gasteiger partial charge is 0.454 e. The predicted octanol–water partition coefficient (Wildman–Crippen LogP) is 1.80. The van der Waals surface area contributed by atoms with Crippen molar-refractivity contribution in [2.75, 3.05) is 65.1 Å².